The van der Waals surface area contributed by atoms with E-state index in [1.165, 1.54) is 0 Å². The van der Waals surface area contributed by atoms with Crippen molar-refractivity contribution in [3.63, 3.8) is 0 Å². The van der Waals surface area contributed by atoms with Crippen LogP contribution in [-0.4, -0.2) is 39.9 Å². The van der Waals surface area contributed by atoms with Crippen molar-refractivity contribution in [3.05, 3.63) is 12.3 Å². The molecule has 0 bridgehead atoms. The summed E-state index contributed by atoms with van der Waals surface area (Å²) in [6, 6.07) is 1.71. The van der Waals surface area contributed by atoms with Crippen molar-refractivity contribution in [3.8, 4) is 0 Å². The summed E-state index contributed by atoms with van der Waals surface area (Å²) in [5, 5.41) is 13.3. The van der Waals surface area contributed by atoms with Crippen molar-refractivity contribution in [2.24, 2.45) is 0 Å². The first kappa shape index (κ1) is 11.1. The van der Waals surface area contributed by atoms with E-state index in [1.807, 2.05) is 6.92 Å². The van der Waals surface area contributed by atoms with Gasteiger partial charge in [-0.1, -0.05) is 0 Å². The Hall–Kier alpha value is -1.40. The van der Waals surface area contributed by atoms with E-state index in [9.17, 15) is 5.11 Å². The van der Waals surface area contributed by atoms with Crippen molar-refractivity contribution in [2.75, 3.05) is 24.2 Å². The second-order valence-electron chi connectivity index (χ2n) is 4.02. The fourth-order valence-corrected chi connectivity index (χ4v) is 1.72. The topological polar surface area (TPSA) is 93.3 Å². The summed E-state index contributed by atoms with van der Waals surface area (Å²) in [4.78, 5) is 7.79. The van der Waals surface area contributed by atoms with Crippen LogP contribution in [0.4, 0.5) is 11.8 Å². The first-order valence-electron chi connectivity index (χ1n) is 5.26. The van der Waals surface area contributed by atoms with Crippen LogP contribution in [0.2, 0.25) is 0 Å². The van der Waals surface area contributed by atoms with Gasteiger partial charge in [0.2, 0.25) is 5.95 Å². The lowest BCUT2D eigenvalue weighted by molar-refractivity contribution is -0.0176. The molecule has 2 atom stereocenters. The van der Waals surface area contributed by atoms with E-state index in [4.69, 9.17) is 10.5 Å². The Morgan fingerprint density at radius 3 is 3.19 bits per heavy atom. The third-order valence-electron chi connectivity index (χ3n) is 2.91. The van der Waals surface area contributed by atoms with Crippen molar-refractivity contribution >= 4 is 11.8 Å². The maximum atomic E-state index is 10.2. The van der Waals surface area contributed by atoms with E-state index in [0.29, 0.717) is 25.4 Å². The molecule has 0 saturated carbocycles. The fraction of sp³-hybridized carbons (Fsp3) is 0.600. The zero-order valence-corrected chi connectivity index (χ0v) is 9.18. The van der Waals surface area contributed by atoms with Crippen molar-refractivity contribution in [1.82, 2.24) is 9.97 Å². The Kier molecular flexibility index (Phi) is 2.93. The van der Waals surface area contributed by atoms with Crippen LogP contribution < -0.4 is 11.1 Å². The lowest BCUT2D eigenvalue weighted by Gasteiger charge is -2.26. The van der Waals surface area contributed by atoms with Crippen LogP contribution in [0.15, 0.2) is 12.3 Å². The highest BCUT2D eigenvalue weighted by Gasteiger charge is 2.39. The molecule has 6 heteroatoms. The average molecular weight is 224 g/mol. The highest BCUT2D eigenvalue weighted by Crippen LogP contribution is 2.25. The molecule has 1 aliphatic rings. The summed E-state index contributed by atoms with van der Waals surface area (Å²) in [6.07, 6.45) is 2.03. The molecule has 1 aromatic heterocycles. The summed E-state index contributed by atoms with van der Waals surface area (Å²) < 4.78 is 5.33. The normalized spacial score (nSPS) is 29.2. The average Bonchev–Trinajstić information content (AvgIpc) is 2.58. The van der Waals surface area contributed by atoms with Gasteiger partial charge in [0.1, 0.15) is 11.4 Å². The molecule has 16 heavy (non-hydrogen) atoms. The molecule has 0 aromatic carbocycles. The molecule has 2 unspecified atom stereocenters. The first-order valence-corrected chi connectivity index (χ1v) is 5.26. The molecular formula is C10H16N4O2. The molecule has 2 rings (SSSR count). The number of nitrogen functional groups attached to an aromatic ring is 1. The minimum atomic E-state index is -0.834. The quantitative estimate of drug-likeness (QED) is 0.669. The highest BCUT2D eigenvalue weighted by atomic mass is 16.5. The number of aromatic nitrogens is 2. The molecule has 0 amide bonds. The van der Waals surface area contributed by atoms with Gasteiger partial charge in [0, 0.05) is 25.8 Å². The number of anilines is 2. The van der Waals surface area contributed by atoms with Gasteiger partial charge in [-0.2, -0.15) is 4.98 Å². The van der Waals surface area contributed by atoms with Gasteiger partial charge in [0.25, 0.3) is 0 Å². The molecule has 1 aliphatic heterocycles. The zero-order chi connectivity index (χ0) is 11.6. The maximum absolute atomic E-state index is 10.2. The molecule has 1 saturated heterocycles. The summed E-state index contributed by atoms with van der Waals surface area (Å²) >= 11 is 0. The third kappa shape index (κ3) is 2.23. The molecule has 2 heterocycles. The number of rotatable bonds is 3. The van der Waals surface area contributed by atoms with E-state index < -0.39 is 5.60 Å². The molecule has 1 fully saturated rings. The van der Waals surface area contributed by atoms with Crippen molar-refractivity contribution < 1.29 is 9.84 Å². The lowest BCUT2D eigenvalue weighted by atomic mass is 9.97. The maximum Gasteiger partial charge on any atom is 0.221 e. The van der Waals surface area contributed by atoms with Gasteiger partial charge in [-0.25, -0.2) is 4.98 Å². The summed E-state index contributed by atoms with van der Waals surface area (Å²) in [5.74, 6) is 0.827. The third-order valence-corrected chi connectivity index (χ3v) is 2.91. The summed E-state index contributed by atoms with van der Waals surface area (Å²) in [7, 11) is 0. The van der Waals surface area contributed by atoms with Crippen LogP contribution in [0, 0.1) is 0 Å². The number of aliphatic hydroxyl groups is 1. The fourth-order valence-electron chi connectivity index (χ4n) is 1.72. The summed E-state index contributed by atoms with van der Waals surface area (Å²) in [6.45, 7) is 2.85. The largest absolute Gasteiger partial charge is 0.385 e. The molecule has 0 spiro atoms. The molecule has 1 aromatic rings. The Balaban J connectivity index is 1.97. The Morgan fingerprint density at radius 1 is 1.75 bits per heavy atom. The number of nitrogens with one attached hydrogen (secondary N) is 1. The van der Waals surface area contributed by atoms with E-state index in [2.05, 4.69) is 15.3 Å². The molecule has 88 valence electrons. The number of nitrogens with zero attached hydrogens (tertiary/aromatic N) is 2. The Labute approximate surface area is 93.9 Å². The van der Waals surface area contributed by atoms with Gasteiger partial charge in [-0.15, -0.1) is 0 Å². The highest BCUT2D eigenvalue weighted by molar-refractivity contribution is 5.37. The van der Waals surface area contributed by atoms with Gasteiger partial charge in [-0.05, 0) is 13.0 Å². The predicted octanol–water partition coefficient (Wildman–Crippen LogP) is 0.0106. The van der Waals surface area contributed by atoms with Crippen LogP contribution in [-0.2, 0) is 4.74 Å². The van der Waals surface area contributed by atoms with Gasteiger partial charge in [0.05, 0.1) is 6.10 Å². The smallest absolute Gasteiger partial charge is 0.221 e. The van der Waals surface area contributed by atoms with Crippen LogP contribution in [0.5, 0.6) is 0 Å². The minimum absolute atomic E-state index is 0.167. The van der Waals surface area contributed by atoms with Crippen molar-refractivity contribution in [2.45, 2.75) is 25.0 Å². The number of nitrogens with two attached hydrogens (primary N) is 1. The number of ether oxygens (including phenoxy) is 1. The molecule has 4 N–H and O–H groups in total. The van der Waals surface area contributed by atoms with Gasteiger partial charge < -0.3 is 20.9 Å². The van der Waals surface area contributed by atoms with E-state index in [0.717, 1.165) is 0 Å². The zero-order valence-electron chi connectivity index (χ0n) is 9.18. The predicted molar refractivity (Wildman–Crippen MR) is 59.9 cm³/mol. The molecule has 6 nitrogen and oxygen atoms in total. The molecular weight excluding hydrogens is 208 g/mol. The monoisotopic (exact) mass is 224 g/mol. The van der Waals surface area contributed by atoms with Gasteiger partial charge >= 0.3 is 0 Å². The number of hydrogen-bond acceptors (Lipinski definition) is 6. The number of hydrogen-bond donors (Lipinski definition) is 3. The van der Waals surface area contributed by atoms with Gasteiger partial charge in [0.15, 0.2) is 0 Å². The summed E-state index contributed by atoms with van der Waals surface area (Å²) in [5.41, 5.74) is 4.62. The van der Waals surface area contributed by atoms with E-state index in [-0.39, 0.29) is 12.1 Å². The SMILES string of the molecule is CC1OCCC1(O)CNc1ccnc(N)n1. The molecule has 0 aliphatic carbocycles. The standard InChI is InChI=1S/C10H16N4O2/c1-7-10(15,3-5-16-7)6-13-8-2-4-12-9(11)14-8/h2,4,7,15H,3,5-6H2,1H3,(H3,11,12,13,14). The lowest BCUT2D eigenvalue weighted by Crippen LogP contribution is -2.43. The molecule has 0 radical (unpaired) electrons. The Bertz CT molecular complexity index is 374. The van der Waals surface area contributed by atoms with E-state index in [1.54, 1.807) is 12.3 Å². The first-order chi connectivity index (χ1) is 7.60. The minimum Gasteiger partial charge on any atom is -0.385 e. The second kappa shape index (κ2) is 4.23. The van der Waals surface area contributed by atoms with Crippen molar-refractivity contribution in [1.29, 1.82) is 0 Å². The van der Waals surface area contributed by atoms with Crippen LogP contribution in [0.3, 0.4) is 0 Å². The second-order valence-corrected chi connectivity index (χ2v) is 4.02. The van der Waals surface area contributed by atoms with E-state index >= 15 is 0 Å². The van der Waals surface area contributed by atoms with Crippen LogP contribution >= 0.6 is 0 Å². The Morgan fingerprint density at radius 2 is 2.56 bits per heavy atom. The van der Waals surface area contributed by atoms with Crippen LogP contribution in [0.1, 0.15) is 13.3 Å². The van der Waals surface area contributed by atoms with Crippen LogP contribution in [0.25, 0.3) is 0 Å². The van der Waals surface area contributed by atoms with Gasteiger partial charge in [-0.3, -0.25) is 0 Å².